The number of hydrogen-bond acceptors (Lipinski definition) is 3. The summed E-state index contributed by atoms with van der Waals surface area (Å²) in [6.45, 7) is 0.610. The second kappa shape index (κ2) is 8.41. The highest BCUT2D eigenvalue weighted by molar-refractivity contribution is 8.01. The average Bonchev–Trinajstić information content (AvgIpc) is 2.60. The van der Waals surface area contributed by atoms with E-state index in [1.54, 1.807) is 12.1 Å². The highest BCUT2D eigenvalue weighted by atomic mass is 35.5. The van der Waals surface area contributed by atoms with Crippen molar-refractivity contribution in [1.82, 2.24) is 5.32 Å². The Balaban J connectivity index is 1.45. The largest absolute Gasteiger partial charge is 0.356 e. The minimum absolute atomic E-state index is 0.0990. The third-order valence-corrected chi connectivity index (χ3v) is 5.45. The van der Waals surface area contributed by atoms with Gasteiger partial charge in [-0.05, 0) is 36.6 Å². The number of aryl methyl sites for hydroxylation is 1. The molecule has 1 aliphatic heterocycles. The van der Waals surface area contributed by atoms with Crippen LogP contribution in [0.3, 0.4) is 0 Å². The van der Waals surface area contributed by atoms with Crippen LogP contribution in [0.5, 0.6) is 0 Å². The van der Waals surface area contributed by atoms with Gasteiger partial charge < -0.3 is 10.6 Å². The number of amides is 2. The molecule has 1 atom stereocenters. The predicted octanol–water partition coefficient (Wildman–Crippen LogP) is 3.89. The molecule has 4 nitrogen and oxygen atoms in total. The van der Waals surface area contributed by atoms with Gasteiger partial charge in [0.1, 0.15) is 0 Å². The first-order valence-corrected chi connectivity index (χ1v) is 9.45. The van der Waals surface area contributed by atoms with Gasteiger partial charge in [0.2, 0.25) is 11.8 Å². The molecule has 1 heterocycles. The lowest BCUT2D eigenvalue weighted by atomic mass is 10.1. The van der Waals surface area contributed by atoms with Crippen LogP contribution in [0.4, 0.5) is 5.69 Å². The average molecular weight is 375 g/mol. The van der Waals surface area contributed by atoms with Crippen LogP contribution in [-0.2, 0) is 16.0 Å². The molecule has 0 saturated carbocycles. The Hall–Kier alpha value is -1.98. The van der Waals surface area contributed by atoms with Crippen molar-refractivity contribution in [2.75, 3.05) is 11.9 Å². The number of hydrogen-bond donors (Lipinski definition) is 2. The molecule has 0 aromatic heterocycles. The van der Waals surface area contributed by atoms with E-state index in [1.807, 2.05) is 24.3 Å². The first-order valence-electron chi connectivity index (χ1n) is 8.19. The zero-order valence-electron chi connectivity index (χ0n) is 13.6. The first-order chi connectivity index (χ1) is 12.1. The summed E-state index contributed by atoms with van der Waals surface area (Å²) in [5.74, 6) is -0.252. The van der Waals surface area contributed by atoms with Crippen LogP contribution in [0.1, 0.15) is 18.4 Å². The van der Waals surface area contributed by atoms with Gasteiger partial charge in [-0.1, -0.05) is 41.9 Å². The summed E-state index contributed by atoms with van der Waals surface area (Å²) in [6, 6.07) is 15.5. The van der Waals surface area contributed by atoms with Gasteiger partial charge in [0.15, 0.2) is 0 Å². The monoisotopic (exact) mass is 374 g/mol. The van der Waals surface area contributed by atoms with Crippen molar-refractivity contribution in [1.29, 1.82) is 0 Å². The van der Waals surface area contributed by atoms with Crippen molar-refractivity contribution < 1.29 is 9.59 Å². The van der Waals surface area contributed by atoms with Crippen LogP contribution in [0, 0.1) is 0 Å². The zero-order chi connectivity index (χ0) is 17.6. The molecule has 2 aromatic carbocycles. The molecule has 2 N–H and O–H groups in total. The molecule has 6 heteroatoms. The summed E-state index contributed by atoms with van der Waals surface area (Å²) in [7, 11) is 0. The minimum atomic E-state index is -0.414. The number of nitrogens with one attached hydrogen (secondary N) is 2. The smallest absolute Gasteiger partial charge is 0.238 e. The second-order valence-electron chi connectivity index (χ2n) is 5.88. The number of rotatable bonds is 6. The van der Waals surface area contributed by atoms with Crippen molar-refractivity contribution in [3.63, 3.8) is 0 Å². The molecular weight excluding hydrogens is 356 g/mol. The molecule has 0 radical (unpaired) electrons. The maximum atomic E-state index is 12.2. The molecule has 2 amide bonds. The SMILES string of the molecule is O=C(CC1Sc2ccc(Cl)cc2NC1=O)NCCCc1ccccc1. The van der Waals surface area contributed by atoms with Gasteiger partial charge in [0, 0.05) is 22.9 Å². The molecule has 1 aliphatic rings. The molecular formula is C19H19ClN2O2S. The van der Waals surface area contributed by atoms with Gasteiger partial charge in [0.25, 0.3) is 0 Å². The molecule has 0 aliphatic carbocycles. The number of thioether (sulfide) groups is 1. The van der Waals surface area contributed by atoms with E-state index in [0.717, 1.165) is 17.7 Å². The van der Waals surface area contributed by atoms with Crippen molar-refractivity contribution in [2.24, 2.45) is 0 Å². The second-order valence-corrected chi connectivity index (χ2v) is 7.56. The lowest BCUT2D eigenvalue weighted by Gasteiger charge is -2.23. The predicted molar refractivity (Wildman–Crippen MR) is 102 cm³/mol. The van der Waals surface area contributed by atoms with E-state index in [0.29, 0.717) is 17.3 Å². The van der Waals surface area contributed by atoms with Gasteiger partial charge in [0.05, 0.1) is 10.9 Å². The molecule has 0 saturated heterocycles. The van der Waals surface area contributed by atoms with Crippen molar-refractivity contribution in [3.05, 3.63) is 59.1 Å². The normalized spacial score (nSPS) is 16.0. The third-order valence-electron chi connectivity index (χ3n) is 3.94. The summed E-state index contributed by atoms with van der Waals surface area (Å²) in [4.78, 5) is 25.2. The van der Waals surface area contributed by atoms with Crippen LogP contribution >= 0.6 is 23.4 Å². The lowest BCUT2D eigenvalue weighted by molar-refractivity contribution is -0.124. The van der Waals surface area contributed by atoms with Crippen LogP contribution < -0.4 is 10.6 Å². The Bertz CT molecular complexity index is 767. The number of carbonyl (C=O) groups excluding carboxylic acids is 2. The summed E-state index contributed by atoms with van der Waals surface area (Å²) >= 11 is 7.34. The van der Waals surface area contributed by atoms with E-state index in [1.165, 1.54) is 17.3 Å². The number of anilines is 1. The standard InChI is InChI=1S/C19H19ClN2O2S/c20-14-8-9-16-15(11-14)22-19(24)17(25-16)12-18(23)21-10-4-7-13-5-2-1-3-6-13/h1-3,5-6,8-9,11,17H,4,7,10,12H2,(H,21,23)(H,22,24). The Morgan fingerprint density at radius 2 is 2.00 bits per heavy atom. The molecule has 25 heavy (non-hydrogen) atoms. The summed E-state index contributed by atoms with van der Waals surface area (Å²) in [5, 5.41) is 5.89. The van der Waals surface area contributed by atoms with E-state index < -0.39 is 5.25 Å². The van der Waals surface area contributed by atoms with Crippen molar-refractivity contribution in [3.8, 4) is 0 Å². The molecule has 0 spiro atoms. The fraction of sp³-hybridized carbons (Fsp3) is 0.263. The maximum absolute atomic E-state index is 12.2. The van der Waals surface area contributed by atoms with Gasteiger partial charge in [-0.3, -0.25) is 9.59 Å². The Morgan fingerprint density at radius 1 is 1.20 bits per heavy atom. The highest BCUT2D eigenvalue weighted by Gasteiger charge is 2.28. The summed E-state index contributed by atoms with van der Waals surface area (Å²) in [5.41, 5.74) is 1.97. The highest BCUT2D eigenvalue weighted by Crippen LogP contribution is 2.38. The van der Waals surface area contributed by atoms with Gasteiger partial charge >= 0.3 is 0 Å². The molecule has 2 aromatic rings. The van der Waals surface area contributed by atoms with Gasteiger partial charge in [-0.25, -0.2) is 0 Å². The summed E-state index contributed by atoms with van der Waals surface area (Å²) in [6.07, 6.45) is 1.97. The van der Waals surface area contributed by atoms with E-state index in [4.69, 9.17) is 11.6 Å². The van der Waals surface area contributed by atoms with Crippen LogP contribution in [0.25, 0.3) is 0 Å². The van der Waals surface area contributed by atoms with E-state index in [-0.39, 0.29) is 18.2 Å². The van der Waals surface area contributed by atoms with Crippen LogP contribution in [0.15, 0.2) is 53.4 Å². The number of carbonyl (C=O) groups is 2. The lowest BCUT2D eigenvalue weighted by Crippen LogP contribution is -2.35. The number of benzene rings is 2. The van der Waals surface area contributed by atoms with Crippen molar-refractivity contribution in [2.45, 2.75) is 29.4 Å². The Kier molecular flexibility index (Phi) is 6.00. The minimum Gasteiger partial charge on any atom is -0.356 e. The van der Waals surface area contributed by atoms with Crippen molar-refractivity contribution >= 4 is 40.9 Å². The molecule has 1 unspecified atom stereocenters. The van der Waals surface area contributed by atoms with Crippen LogP contribution in [0.2, 0.25) is 5.02 Å². The van der Waals surface area contributed by atoms with Crippen LogP contribution in [-0.4, -0.2) is 23.6 Å². The quantitative estimate of drug-likeness (QED) is 0.754. The van der Waals surface area contributed by atoms with Gasteiger partial charge in [-0.15, -0.1) is 11.8 Å². The van der Waals surface area contributed by atoms with Gasteiger partial charge in [-0.2, -0.15) is 0 Å². The Labute approximate surface area is 156 Å². The summed E-state index contributed by atoms with van der Waals surface area (Å²) < 4.78 is 0. The Morgan fingerprint density at radius 3 is 2.80 bits per heavy atom. The zero-order valence-corrected chi connectivity index (χ0v) is 15.2. The van der Waals surface area contributed by atoms with E-state index in [2.05, 4.69) is 22.8 Å². The maximum Gasteiger partial charge on any atom is 0.238 e. The third kappa shape index (κ3) is 5.00. The molecule has 130 valence electrons. The topological polar surface area (TPSA) is 58.2 Å². The fourth-order valence-electron chi connectivity index (χ4n) is 2.66. The fourth-order valence-corrected chi connectivity index (χ4v) is 3.93. The number of fused-ring (bicyclic) bond motifs is 1. The first kappa shape index (κ1) is 17.8. The molecule has 0 fully saturated rings. The number of halogens is 1. The van der Waals surface area contributed by atoms with E-state index >= 15 is 0 Å². The molecule has 3 rings (SSSR count). The van der Waals surface area contributed by atoms with E-state index in [9.17, 15) is 9.59 Å². The molecule has 0 bridgehead atoms.